The van der Waals surface area contributed by atoms with E-state index in [1.54, 1.807) is 24.8 Å². The highest BCUT2D eigenvalue weighted by atomic mass is 32.1. The molecule has 90 valence electrons. The van der Waals surface area contributed by atoms with Crippen molar-refractivity contribution in [1.29, 1.82) is 0 Å². The highest BCUT2D eigenvalue weighted by Gasteiger charge is 2.10. The van der Waals surface area contributed by atoms with Crippen LogP contribution in [0.15, 0.2) is 17.6 Å². The Labute approximate surface area is 102 Å². The van der Waals surface area contributed by atoms with Crippen molar-refractivity contribution in [3.05, 3.63) is 28.1 Å². The van der Waals surface area contributed by atoms with Crippen LogP contribution in [0.25, 0.3) is 0 Å². The summed E-state index contributed by atoms with van der Waals surface area (Å²) in [7, 11) is 1.57. The Morgan fingerprint density at radius 1 is 1.71 bits per heavy atom. The molecule has 2 aromatic rings. The largest absolute Gasteiger partial charge is 0.496 e. The summed E-state index contributed by atoms with van der Waals surface area (Å²) in [6, 6.07) is 1.69. The number of H-pyrrole nitrogens is 1. The summed E-state index contributed by atoms with van der Waals surface area (Å²) in [6.45, 7) is 0.349. The number of nitrogen functional groups attached to an aromatic ring is 1. The predicted octanol–water partition coefficient (Wildman–Crippen LogP) is 0.992. The molecule has 6 nitrogen and oxygen atoms in total. The number of anilines is 1. The minimum absolute atomic E-state index is 0.154. The molecule has 0 aliphatic carbocycles. The van der Waals surface area contributed by atoms with Gasteiger partial charge in [0, 0.05) is 23.6 Å². The summed E-state index contributed by atoms with van der Waals surface area (Å²) in [6.07, 6.45) is 1.59. The zero-order chi connectivity index (χ0) is 12.3. The number of ether oxygens (including phenoxy) is 1. The Kier molecular flexibility index (Phi) is 3.29. The molecule has 0 saturated heterocycles. The fraction of sp³-hybridized carbons (Fsp3) is 0.200. The van der Waals surface area contributed by atoms with Crippen molar-refractivity contribution in [3.8, 4) is 5.75 Å². The van der Waals surface area contributed by atoms with Crippen LogP contribution in [0.5, 0.6) is 5.75 Å². The number of methoxy groups -OCH3 is 1. The van der Waals surface area contributed by atoms with Gasteiger partial charge in [0.2, 0.25) is 0 Å². The van der Waals surface area contributed by atoms with Crippen LogP contribution in [-0.2, 0) is 6.54 Å². The van der Waals surface area contributed by atoms with Crippen molar-refractivity contribution in [1.82, 2.24) is 15.5 Å². The lowest BCUT2D eigenvalue weighted by Gasteiger charge is -2.01. The first-order valence-electron chi connectivity index (χ1n) is 4.89. The monoisotopic (exact) mass is 252 g/mol. The molecule has 4 N–H and O–H groups in total. The van der Waals surface area contributed by atoms with Gasteiger partial charge in [0.1, 0.15) is 11.6 Å². The Balaban J connectivity index is 1.95. The third-order valence-corrected chi connectivity index (χ3v) is 3.13. The predicted molar refractivity (Wildman–Crippen MR) is 65.0 cm³/mol. The third kappa shape index (κ3) is 2.56. The van der Waals surface area contributed by atoms with Gasteiger partial charge in [-0.3, -0.25) is 9.89 Å². The number of aromatic nitrogens is 2. The first-order valence-corrected chi connectivity index (χ1v) is 5.77. The summed E-state index contributed by atoms with van der Waals surface area (Å²) in [5.41, 5.74) is 6.37. The number of amides is 1. The van der Waals surface area contributed by atoms with Crippen LogP contribution in [-0.4, -0.2) is 23.2 Å². The van der Waals surface area contributed by atoms with Gasteiger partial charge >= 0.3 is 0 Å². The van der Waals surface area contributed by atoms with E-state index >= 15 is 0 Å². The van der Waals surface area contributed by atoms with Crippen molar-refractivity contribution in [2.45, 2.75) is 6.54 Å². The molecule has 7 heteroatoms. The summed E-state index contributed by atoms with van der Waals surface area (Å²) < 4.78 is 5.01. The van der Waals surface area contributed by atoms with Crippen molar-refractivity contribution < 1.29 is 9.53 Å². The number of nitrogens with two attached hydrogens (primary N) is 1. The lowest BCUT2D eigenvalue weighted by Crippen LogP contribution is -2.22. The maximum atomic E-state index is 11.8. The Bertz CT molecular complexity index is 520. The highest BCUT2D eigenvalue weighted by Crippen LogP contribution is 2.20. The Morgan fingerprint density at radius 2 is 2.53 bits per heavy atom. The number of hydrogen-bond donors (Lipinski definition) is 3. The van der Waals surface area contributed by atoms with E-state index in [9.17, 15) is 4.79 Å². The summed E-state index contributed by atoms with van der Waals surface area (Å²) in [4.78, 5) is 12.4. The zero-order valence-electron chi connectivity index (χ0n) is 9.19. The molecule has 0 aliphatic rings. The lowest BCUT2D eigenvalue weighted by atomic mass is 10.3. The highest BCUT2D eigenvalue weighted by molar-refractivity contribution is 7.12. The molecule has 17 heavy (non-hydrogen) atoms. The number of carbonyl (C=O) groups is 1. The fourth-order valence-electron chi connectivity index (χ4n) is 1.27. The summed E-state index contributed by atoms with van der Waals surface area (Å²) >= 11 is 1.33. The molecule has 0 radical (unpaired) electrons. The molecule has 0 saturated carbocycles. The first-order chi connectivity index (χ1) is 8.20. The molecule has 0 aromatic carbocycles. The normalized spacial score (nSPS) is 10.2. The van der Waals surface area contributed by atoms with E-state index in [1.165, 1.54) is 11.3 Å². The maximum absolute atomic E-state index is 11.8. The quantitative estimate of drug-likeness (QED) is 0.756. The molecule has 0 aliphatic heterocycles. The molecular weight excluding hydrogens is 240 g/mol. The van der Waals surface area contributed by atoms with Gasteiger partial charge in [0.15, 0.2) is 0 Å². The number of carbonyl (C=O) groups excluding carboxylic acids is 1. The van der Waals surface area contributed by atoms with Crippen LogP contribution in [0.1, 0.15) is 15.2 Å². The SMILES string of the molecule is COc1csc(C(=O)NCc2cn[nH]c2N)c1. The molecule has 1 amide bonds. The fourth-order valence-corrected chi connectivity index (χ4v) is 2.04. The van der Waals surface area contributed by atoms with E-state index in [-0.39, 0.29) is 5.91 Å². The van der Waals surface area contributed by atoms with E-state index in [4.69, 9.17) is 10.5 Å². The second kappa shape index (κ2) is 4.88. The standard InChI is InChI=1S/C10H12N4O2S/c1-16-7-2-8(17-5-7)10(15)12-3-6-4-13-14-9(6)11/h2,4-5H,3H2,1H3,(H,12,15)(H3,11,13,14). The van der Waals surface area contributed by atoms with Crippen LogP contribution >= 0.6 is 11.3 Å². The molecule has 0 unspecified atom stereocenters. The Hall–Kier alpha value is -2.02. The van der Waals surface area contributed by atoms with Crippen molar-refractivity contribution >= 4 is 23.1 Å². The number of thiophene rings is 1. The molecule has 0 spiro atoms. The smallest absolute Gasteiger partial charge is 0.261 e. The summed E-state index contributed by atoms with van der Waals surface area (Å²) in [5, 5.41) is 10.9. The number of aromatic amines is 1. The van der Waals surface area contributed by atoms with Gasteiger partial charge in [-0.15, -0.1) is 11.3 Å². The number of nitrogens with zero attached hydrogens (tertiary/aromatic N) is 1. The van der Waals surface area contributed by atoms with Gasteiger partial charge in [0.05, 0.1) is 18.2 Å². The van der Waals surface area contributed by atoms with Crippen molar-refractivity contribution in [3.63, 3.8) is 0 Å². The molecule has 2 heterocycles. The van der Waals surface area contributed by atoms with E-state index < -0.39 is 0 Å². The van der Waals surface area contributed by atoms with E-state index in [0.717, 1.165) is 5.56 Å². The lowest BCUT2D eigenvalue weighted by molar-refractivity contribution is 0.0955. The molecule has 2 aromatic heterocycles. The van der Waals surface area contributed by atoms with Gasteiger partial charge in [-0.05, 0) is 0 Å². The summed E-state index contributed by atoms with van der Waals surface area (Å²) in [5.74, 6) is 0.996. The zero-order valence-corrected chi connectivity index (χ0v) is 10.0. The number of rotatable bonds is 4. The van der Waals surface area contributed by atoms with Gasteiger partial charge in [-0.25, -0.2) is 0 Å². The van der Waals surface area contributed by atoms with Crippen LogP contribution in [0.2, 0.25) is 0 Å². The van der Waals surface area contributed by atoms with Crippen molar-refractivity contribution in [2.75, 3.05) is 12.8 Å². The average molecular weight is 252 g/mol. The van der Waals surface area contributed by atoms with Gasteiger partial charge in [-0.1, -0.05) is 0 Å². The van der Waals surface area contributed by atoms with Gasteiger partial charge < -0.3 is 15.8 Å². The maximum Gasteiger partial charge on any atom is 0.261 e. The Morgan fingerprint density at radius 3 is 3.12 bits per heavy atom. The van der Waals surface area contributed by atoms with Gasteiger partial charge in [-0.2, -0.15) is 5.10 Å². The minimum Gasteiger partial charge on any atom is -0.496 e. The molecule has 0 atom stereocenters. The first kappa shape index (κ1) is 11.5. The van der Waals surface area contributed by atoms with Crippen LogP contribution in [0.3, 0.4) is 0 Å². The van der Waals surface area contributed by atoms with Crippen LogP contribution < -0.4 is 15.8 Å². The minimum atomic E-state index is -0.154. The topological polar surface area (TPSA) is 93.0 Å². The molecular formula is C10H12N4O2S. The average Bonchev–Trinajstić information content (AvgIpc) is 2.94. The van der Waals surface area contributed by atoms with Crippen molar-refractivity contribution in [2.24, 2.45) is 0 Å². The molecule has 0 bridgehead atoms. The number of hydrogen-bond acceptors (Lipinski definition) is 5. The number of nitrogens with one attached hydrogen (secondary N) is 2. The van der Waals surface area contributed by atoms with E-state index in [1.807, 2.05) is 0 Å². The van der Waals surface area contributed by atoms with Crippen LogP contribution in [0, 0.1) is 0 Å². The van der Waals surface area contributed by atoms with E-state index in [2.05, 4.69) is 15.5 Å². The second-order valence-electron chi connectivity index (χ2n) is 3.34. The van der Waals surface area contributed by atoms with Crippen LogP contribution in [0.4, 0.5) is 5.82 Å². The third-order valence-electron chi connectivity index (χ3n) is 2.23. The molecule has 0 fully saturated rings. The molecule has 2 rings (SSSR count). The van der Waals surface area contributed by atoms with Gasteiger partial charge in [0.25, 0.3) is 5.91 Å². The second-order valence-corrected chi connectivity index (χ2v) is 4.25. The van der Waals surface area contributed by atoms with E-state index in [0.29, 0.717) is 23.0 Å².